The molecule has 1 aromatic carbocycles. The number of fused-ring (bicyclic) bond motifs is 1. The van der Waals surface area contributed by atoms with E-state index in [1.54, 1.807) is 24.5 Å². The number of carbonyl (C=O) groups is 1. The third-order valence-electron chi connectivity index (χ3n) is 6.45. The average molecular weight is 523 g/mol. The Balaban J connectivity index is 1.60. The van der Waals surface area contributed by atoms with E-state index in [-0.39, 0.29) is 12.2 Å². The Bertz CT molecular complexity index is 1510. The zero-order valence-corrected chi connectivity index (χ0v) is 22.2. The summed E-state index contributed by atoms with van der Waals surface area (Å²) in [4.78, 5) is 36.1. The van der Waals surface area contributed by atoms with Gasteiger partial charge < -0.3 is 23.7 Å². The fourth-order valence-electron chi connectivity index (χ4n) is 4.56. The highest BCUT2D eigenvalue weighted by Gasteiger charge is 2.33. The molecular weight excluding hydrogens is 492 g/mol. The van der Waals surface area contributed by atoms with Crippen molar-refractivity contribution in [3.8, 4) is 0 Å². The van der Waals surface area contributed by atoms with Crippen LogP contribution >= 0.6 is 11.3 Å². The molecule has 3 aromatic rings. The van der Waals surface area contributed by atoms with Gasteiger partial charge in [-0.15, -0.1) is 0 Å². The van der Waals surface area contributed by atoms with Crippen molar-refractivity contribution in [2.45, 2.75) is 19.9 Å². The lowest BCUT2D eigenvalue weighted by Crippen LogP contribution is -2.39. The Morgan fingerprint density at radius 2 is 1.92 bits per heavy atom. The molecule has 10 heteroatoms. The Morgan fingerprint density at radius 3 is 2.59 bits per heavy atom. The number of allylic oxidation sites excluding steroid dienone is 1. The summed E-state index contributed by atoms with van der Waals surface area (Å²) in [7, 11) is 3.93. The fourth-order valence-corrected chi connectivity index (χ4v) is 5.59. The van der Waals surface area contributed by atoms with Crippen LogP contribution in [-0.2, 0) is 14.3 Å². The van der Waals surface area contributed by atoms with E-state index in [0.717, 1.165) is 30.2 Å². The second-order valence-corrected chi connectivity index (χ2v) is 10.1. The third kappa shape index (κ3) is 4.86. The second-order valence-electron chi connectivity index (χ2n) is 9.06. The fraction of sp³-hybridized carbons (Fsp3) is 0.370. The summed E-state index contributed by atoms with van der Waals surface area (Å²) in [6.07, 6.45) is 1.74. The van der Waals surface area contributed by atoms with Crippen molar-refractivity contribution in [3.63, 3.8) is 0 Å². The van der Waals surface area contributed by atoms with Gasteiger partial charge in [0.25, 0.3) is 5.56 Å². The van der Waals surface area contributed by atoms with Gasteiger partial charge >= 0.3 is 5.97 Å². The van der Waals surface area contributed by atoms with Crippen LogP contribution in [0.15, 0.2) is 61.9 Å². The maximum atomic E-state index is 13.7. The van der Waals surface area contributed by atoms with Gasteiger partial charge in [0.2, 0.25) is 0 Å². The molecule has 0 amide bonds. The van der Waals surface area contributed by atoms with Gasteiger partial charge in [-0.1, -0.05) is 23.5 Å². The minimum Gasteiger partial charge on any atom is -0.463 e. The summed E-state index contributed by atoms with van der Waals surface area (Å²) in [5.41, 5.74) is 2.50. The Hall–Kier alpha value is -3.63. The Kier molecular flexibility index (Phi) is 7.03. The van der Waals surface area contributed by atoms with Crippen LogP contribution in [0.2, 0.25) is 0 Å². The highest BCUT2D eigenvalue weighted by atomic mass is 32.1. The van der Waals surface area contributed by atoms with E-state index in [4.69, 9.17) is 13.9 Å². The van der Waals surface area contributed by atoms with Gasteiger partial charge in [0.05, 0.1) is 41.7 Å². The summed E-state index contributed by atoms with van der Waals surface area (Å²) < 4.78 is 18.9. The molecule has 37 heavy (non-hydrogen) atoms. The summed E-state index contributed by atoms with van der Waals surface area (Å²) in [5, 5.41) is 0. The smallest absolute Gasteiger partial charge is 0.338 e. The number of ether oxygens (including phenoxy) is 2. The average Bonchev–Trinajstić information content (AvgIpc) is 3.48. The summed E-state index contributed by atoms with van der Waals surface area (Å²) in [6.45, 7) is 6.62. The van der Waals surface area contributed by atoms with Crippen molar-refractivity contribution in [1.29, 1.82) is 0 Å². The molecule has 9 nitrogen and oxygen atoms in total. The molecule has 0 aliphatic carbocycles. The number of rotatable bonds is 6. The van der Waals surface area contributed by atoms with Crippen LogP contribution in [-0.4, -0.2) is 57.5 Å². The van der Waals surface area contributed by atoms with Crippen LogP contribution in [0.25, 0.3) is 6.08 Å². The molecule has 0 radical (unpaired) electrons. The molecule has 1 saturated heterocycles. The topological polar surface area (TPSA) is 89.5 Å². The van der Waals surface area contributed by atoms with Gasteiger partial charge in [0, 0.05) is 45.0 Å². The molecule has 2 aromatic heterocycles. The van der Waals surface area contributed by atoms with Crippen LogP contribution in [0.3, 0.4) is 0 Å². The largest absolute Gasteiger partial charge is 0.463 e. The maximum Gasteiger partial charge on any atom is 0.338 e. The minimum atomic E-state index is -0.644. The highest BCUT2D eigenvalue weighted by Crippen LogP contribution is 2.31. The molecule has 1 atom stereocenters. The maximum absolute atomic E-state index is 13.7. The molecule has 194 valence electrons. The molecule has 0 N–H and O–H groups in total. The van der Waals surface area contributed by atoms with Crippen molar-refractivity contribution < 1.29 is 18.7 Å². The number of esters is 1. The molecule has 1 fully saturated rings. The summed E-state index contributed by atoms with van der Waals surface area (Å²) >= 11 is 1.28. The van der Waals surface area contributed by atoms with E-state index in [1.807, 2.05) is 55.4 Å². The molecule has 0 saturated carbocycles. The number of furan rings is 1. The molecular formula is C27H30N4O5S. The number of thiazole rings is 1. The van der Waals surface area contributed by atoms with Gasteiger partial charge in [-0.2, -0.15) is 0 Å². The van der Waals surface area contributed by atoms with Crippen molar-refractivity contribution in [2.24, 2.45) is 4.99 Å². The highest BCUT2D eigenvalue weighted by molar-refractivity contribution is 7.07. The third-order valence-corrected chi connectivity index (χ3v) is 7.43. The number of hydrogen-bond donors (Lipinski definition) is 0. The number of hydrogen-bond acceptors (Lipinski definition) is 9. The second kappa shape index (κ2) is 10.4. The number of nitrogens with zero attached hydrogens (tertiary/aromatic N) is 4. The van der Waals surface area contributed by atoms with Crippen molar-refractivity contribution in [3.05, 3.63) is 78.7 Å². The van der Waals surface area contributed by atoms with E-state index in [0.29, 0.717) is 39.6 Å². The molecule has 0 unspecified atom stereocenters. The summed E-state index contributed by atoms with van der Waals surface area (Å²) in [5.74, 6) is 0.863. The molecule has 2 aliphatic rings. The lowest BCUT2D eigenvalue weighted by molar-refractivity contribution is -0.139. The first kappa shape index (κ1) is 25.0. The quantitative estimate of drug-likeness (QED) is 0.459. The number of benzene rings is 1. The van der Waals surface area contributed by atoms with Crippen molar-refractivity contribution >= 4 is 35.0 Å². The number of aromatic nitrogens is 1. The lowest BCUT2D eigenvalue weighted by Gasteiger charge is -2.26. The molecule has 0 bridgehead atoms. The normalized spacial score (nSPS) is 18.0. The zero-order valence-electron chi connectivity index (χ0n) is 21.4. The number of carbonyl (C=O) groups excluding carboxylic acids is 1. The number of morpholine rings is 1. The predicted molar refractivity (Wildman–Crippen MR) is 143 cm³/mol. The zero-order chi connectivity index (χ0) is 26.1. The van der Waals surface area contributed by atoms with Crippen LogP contribution < -0.4 is 24.7 Å². The predicted octanol–water partition coefficient (Wildman–Crippen LogP) is 2.29. The van der Waals surface area contributed by atoms with E-state index >= 15 is 0 Å². The van der Waals surface area contributed by atoms with E-state index in [9.17, 15) is 9.59 Å². The monoisotopic (exact) mass is 522 g/mol. The van der Waals surface area contributed by atoms with Crippen LogP contribution in [0.5, 0.6) is 0 Å². The first-order valence-corrected chi connectivity index (χ1v) is 13.1. The van der Waals surface area contributed by atoms with Crippen molar-refractivity contribution in [2.75, 3.05) is 56.8 Å². The van der Waals surface area contributed by atoms with Gasteiger partial charge in [-0.05, 0) is 37.6 Å². The van der Waals surface area contributed by atoms with E-state index in [2.05, 4.69) is 9.89 Å². The van der Waals surface area contributed by atoms with Gasteiger partial charge in [-0.25, -0.2) is 9.79 Å². The molecule has 2 aliphatic heterocycles. The van der Waals surface area contributed by atoms with E-state index in [1.165, 1.54) is 11.3 Å². The van der Waals surface area contributed by atoms with Crippen LogP contribution in [0, 0.1) is 0 Å². The van der Waals surface area contributed by atoms with Crippen LogP contribution in [0.4, 0.5) is 11.6 Å². The SMILES string of the molecule is CCOC(=O)C1=C(C)N=c2s/c(=C/c3ccc(N4CCOCC4)o3)c(=O)n2[C@@H]1c1ccc(N(C)C)cc1. The molecule has 0 spiro atoms. The molecule has 5 rings (SSSR count). The Labute approximate surface area is 218 Å². The van der Waals surface area contributed by atoms with Crippen LogP contribution in [0.1, 0.15) is 31.2 Å². The van der Waals surface area contributed by atoms with Gasteiger partial charge in [-0.3, -0.25) is 9.36 Å². The first-order valence-electron chi connectivity index (χ1n) is 12.3. The lowest BCUT2D eigenvalue weighted by atomic mass is 9.95. The van der Waals surface area contributed by atoms with Gasteiger partial charge in [0.1, 0.15) is 5.76 Å². The number of anilines is 2. The van der Waals surface area contributed by atoms with Gasteiger partial charge in [0.15, 0.2) is 10.7 Å². The van der Waals surface area contributed by atoms with E-state index < -0.39 is 12.0 Å². The Morgan fingerprint density at radius 1 is 1.19 bits per heavy atom. The summed E-state index contributed by atoms with van der Waals surface area (Å²) in [6, 6.07) is 10.9. The van der Waals surface area contributed by atoms with Crippen molar-refractivity contribution in [1.82, 2.24) is 4.57 Å². The standard InChI is InChI=1S/C27H30N4O5S/c1-5-35-26(33)23-17(2)28-27-31(24(23)18-6-8-19(9-7-18)29(3)4)25(32)21(37-27)16-20-10-11-22(36-20)30-12-14-34-15-13-30/h6-11,16,24H,5,12-15H2,1-4H3/b21-16+/t24-/m1/s1. The first-order chi connectivity index (χ1) is 17.9. The minimum absolute atomic E-state index is 0.232. The molecule has 4 heterocycles.